The van der Waals surface area contributed by atoms with E-state index in [2.05, 4.69) is 19.2 Å². The molecule has 1 amide bonds. The fourth-order valence-electron chi connectivity index (χ4n) is 7.10. The van der Waals surface area contributed by atoms with Crippen LogP contribution >= 0.6 is 0 Å². The second kappa shape index (κ2) is 38.8. The molecule has 0 radical (unpaired) electrons. The highest BCUT2D eigenvalue weighted by molar-refractivity contribution is 7.85. The molecule has 0 spiro atoms. The predicted octanol–water partition coefficient (Wildman–Crippen LogP) is 13.4. The van der Waals surface area contributed by atoms with E-state index in [1.165, 1.54) is 186 Å². The van der Waals surface area contributed by atoms with E-state index in [0.717, 1.165) is 38.5 Å². The second-order valence-electron chi connectivity index (χ2n) is 15.7. The van der Waals surface area contributed by atoms with Crippen LogP contribution in [0.2, 0.25) is 0 Å². The molecule has 0 rings (SSSR count). The Morgan fingerprint density at radius 1 is 0.510 bits per heavy atom. The number of carbonyl (C=O) groups is 1. The number of hydrogen-bond donors (Lipinski definition) is 3. The van der Waals surface area contributed by atoms with Crippen LogP contribution in [0.5, 0.6) is 0 Å². The molecule has 0 aliphatic heterocycles. The molecule has 51 heavy (non-hydrogen) atoms. The fourth-order valence-corrected chi connectivity index (χ4v) is 7.83. The van der Waals surface area contributed by atoms with Crippen molar-refractivity contribution in [2.24, 2.45) is 0 Å². The molecule has 0 fully saturated rings. The van der Waals surface area contributed by atoms with Gasteiger partial charge in [-0.3, -0.25) is 9.35 Å². The summed E-state index contributed by atoms with van der Waals surface area (Å²) in [7, 11) is -4.34. The molecule has 304 valence electrons. The van der Waals surface area contributed by atoms with Crippen LogP contribution in [-0.2, 0) is 14.9 Å². The van der Waals surface area contributed by atoms with Gasteiger partial charge in [-0.25, -0.2) is 0 Å². The molecule has 0 aliphatic rings. The van der Waals surface area contributed by atoms with E-state index in [0.29, 0.717) is 6.42 Å². The predicted molar refractivity (Wildman–Crippen MR) is 221 cm³/mol. The number of hydrogen-bond acceptors (Lipinski definition) is 4. The Kier molecular flexibility index (Phi) is 38.1. The normalized spacial score (nSPS) is 13.3. The second-order valence-corrected chi connectivity index (χ2v) is 17.2. The van der Waals surface area contributed by atoms with Gasteiger partial charge in [-0.05, 0) is 19.3 Å². The van der Waals surface area contributed by atoms with Crippen molar-refractivity contribution in [3.05, 3.63) is 12.2 Å². The zero-order chi connectivity index (χ0) is 37.5. The third-order valence-corrected chi connectivity index (χ3v) is 11.2. The van der Waals surface area contributed by atoms with Crippen LogP contribution in [0.4, 0.5) is 0 Å². The van der Waals surface area contributed by atoms with Gasteiger partial charge in [0.2, 0.25) is 5.91 Å². The largest absolute Gasteiger partial charge is 0.387 e. The Morgan fingerprint density at radius 2 is 0.804 bits per heavy atom. The van der Waals surface area contributed by atoms with Gasteiger partial charge >= 0.3 is 0 Å². The molecule has 7 heteroatoms. The van der Waals surface area contributed by atoms with Crippen molar-refractivity contribution in [1.29, 1.82) is 0 Å². The summed E-state index contributed by atoms with van der Waals surface area (Å²) in [6, 6.07) is -1.05. The van der Waals surface area contributed by atoms with Crippen LogP contribution in [0.15, 0.2) is 12.2 Å². The summed E-state index contributed by atoms with van der Waals surface area (Å²) in [5.74, 6) is -0.965. The van der Waals surface area contributed by atoms with Crippen molar-refractivity contribution in [1.82, 2.24) is 5.32 Å². The molecule has 0 aromatic carbocycles. The highest BCUT2D eigenvalue weighted by Crippen LogP contribution is 2.16. The average molecular weight is 742 g/mol. The molecule has 6 nitrogen and oxygen atoms in total. The average Bonchev–Trinajstić information content (AvgIpc) is 3.09. The lowest BCUT2D eigenvalue weighted by atomic mass is 10.0. The topological polar surface area (TPSA) is 104 Å². The van der Waals surface area contributed by atoms with Gasteiger partial charge in [0.05, 0.1) is 17.9 Å². The lowest BCUT2D eigenvalue weighted by Crippen LogP contribution is -2.46. The first-order chi connectivity index (χ1) is 24.8. The zero-order valence-electron chi connectivity index (χ0n) is 34.0. The van der Waals surface area contributed by atoms with E-state index in [1.807, 2.05) is 6.08 Å². The van der Waals surface area contributed by atoms with Crippen molar-refractivity contribution in [3.8, 4) is 0 Å². The molecular formula is C44H87NO5S. The van der Waals surface area contributed by atoms with E-state index in [1.54, 1.807) is 6.08 Å². The number of rotatable bonds is 41. The molecule has 0 saturated heterocycles. The molecular weight excluding hydrogens is 655 g/mol. The molecule has 2 atom stereocenters. The summed E-state index contributed by atoms with van der Waals surface area (Å²) in [5, 5.41) is 13.3. The van der Waals surface area contributed by atoms with Crippen molar-refractivity contribution >= 4 is 16.0 Å². The van der Waals surface area contributed by atoms with Crippen LogP contribution in [-0.4, -0.2) is 41.9 Å². The number of allylic oxidation sites excluding steroid dienone is 1. The van der Waals surface area contributed by atoms with E-state index in [-0.39, 0.29) is 5.91 Å². The minimum Gasteiger partial charge on any atom is -0.387 e. The summed E-state index contributed by atoms with van der Waals surface area (Å²) in [4.78, 5) is 12.5. The summed E-state index contributed by atoms with van der Waals surface area (Å²) in [6.45, 7) is 4.54. The fraction of sp³-hybridized carbons (Fsp3) is 0.932. The Bertz CT molecular complexity index is 862. The first-order valence-corrected chi connectivity index (χ1v) is 24.0. The van der Waals surface area contributed by atoms with E-state index >= 15 is 0 Å². The molecule has 0 aromatic rings. The lowest BCUT2D eigenvalue weighted by molar-refractivity contribution is -0.122. The SMILES string of the molecule is CCCCCCCCCCCCCCCCC/C=C/C(O)C(CS(=O)(=O)O)NC(=O)CCCCCCCCCCCCCCCCCCCCC. The molecule has 3 N–H and O–H groups in total. The molecule has 0 bridgehead atoms. The minimum absolute atomic E-state index is 0.273. The summed E-state index contributed by atoms with van der Waals surface area (Å²) in [5.41, 5.74) is 0. The van der Waals surface area contributed by atoms with Crippen molar-refractivity contribution in [2.75, 3.05) is 5.75 Å². The highest BCUT2D eigenvalue weighted by atomic mass is 32.2. The van der Waals surface area contributed by atoms with Gasteiger partial charge in [0.15, 0.2) is 0 Å². The summed E-state index contributed by atoms with van der Waals surface area (Å²) in [6.07, 6.45) is 47.7. The smallest absolute Gasteiger partial charge is 0.267 e. The number of unbranched alkanes of at least 4 members (excludes halogenated alkanes) is 33. The monoisotopic (exact) mass is 742 g/mol. The van der Waals surface area contributed by atoms with Crippen LogP contribution in [0, 0.1) is 0 Å². The Balaban J connectivity index is 3.83. The maximum Gasteiger partial charge on any atom is 0.267 e. The van der Waals surface area contributed by atoms with Crippen molar-refractivity contribution < 1.29 is 22.9 Å². The first kappa shape index (κ1) is 50.1. The number of aliphatic hydroxyl groups is 1. The van der Waals surface area contributed by atoms with Gasteiger partial charge in [-0.1, -0.05) is 231 Å². The lowest BCUT2D eigenvalue weighted by Gasteiger charge is -2.21. The minimum atomic E-state index is -4.34. The van der Waals surface area contributed by atoms with Crippen LogP contribution in [0.1, 0.15) is 245 Å². The summed E-state index contributed by atoms with van der Waals surface area (Å²) >= 11 is 0. The Hall–Kier alpha value is -0.920. The quantitative estimate of drug-likeness (QED) is 0.0329. The van der Waals surface area contributed by atoms with Gasteiger partial charge in [0.25, 0.3) is 10.1 Å². The summed E-state index contributed by atoms with van der Waals surface area (Å²) < 4.78 is 32.5. The van der Waals surface area contributed by atoms with Gasteiger partial charge in [-0.2, -0.15) is 8.42 Å². The number of amides is 1. The van der Waals surface area contributed by atoms with Gasteiger partial charge < -0.3 is 10.4 Å². The van der Waals surface area contributed by atoms with E-state index in [4.69, 9.17) is 0 Å². The molecule has 2 unspecified atom stereocenters. The third kappa shape index (κ3) is 40.1. The first-order valence-electron chi connectivity index (χ1n) is 22.4. The molecule has 0 saturated carbocycles. The maximum atomic E-state index is 12.5. The van der Waals surface area contributed by atoms with Gasteiger partial charge in [-0.15, -0.1) is 0 Å². The third-order valence-electron chi connectivity index (χ3n) is 10.5. The van der Waals surface area contributed by atoms with E-state index in [9.17, 15) is 22.9 Å². The maximum absolute atomic E-state index is 12.5. The van der Waals surface area contributed by atoms with E-state index < -0.39 is 28.0 Å². The Labute approximate surface area is 318 Å². The van der Waals surface area contributed by atoms with Crippen molar-refractivity contribution in [2.45, 2.75) is 257 Å². The standard InChI is InChI=1S/C44H87NO5S/c1-3-5-7-9-11-13-15-17-19-21-22-24-26-28-30-32-34-36-38-40-44(47)45-42(41-51(48,49)50)43(46)39-37-35-33-31-29-27-25-23-20-18-16-14-12-10-8-6-4-2/h37,39,42-43,46H,3-36,38,40-41H2,1-2H3,(H,45,47)(H,48,49,50)/b39-37+. The number of aliphatic hydroxyl groups excluding tert-OH is 1. The number of carbonyl (C=O) groups excluding carboxylic acids is 1. The molecule has 0 heterocycles. The number of nitrogens with one attached hydrogen (secondary N) is 1. The Morgan fingerprint density at radius 3 is 1.12 bits per heavy atom. The van der Waals surface area contributed by atoms with Crippen molar-refractivity contribution in [3.63, 3.8) is 0 Å². The van der Waals surface area contributed by atoms with Crippen LogP contribution < -0.4 is 5.32 Å². The molecule has 0 aromatic heterocycles. The highest BCUT2D eigenvalue weighted by Gasteiger charge is 2.24. The van der Waals surface area contributed by atoms with Crippen LogP contribution in [0.25, 0.3) is 0 Å². The molecule has 0 aliphatic carbocycles. The van der Waals surface area contributed by atoms with Gasteiger partial charge in [0.1, 0.15) is 0 Å². The van der Waals surface area contributed by atoms with Gasteiger partial charge in [0, 0.05) is 6.42 Å². The van der Waals surface area contributed by atoms with Crippen LogP contribution in [0.3, 0.4) is 0 Å². The zero-order valence-corrected chi connectivity index (χ0v) is 34.8.